The summed E-state index contributed by atoms with van der Waals surface area (Å²) in [4.78, 5) is 7.43. The lowest BCUT2D eigenvalue weighted by molar-refractivity contribution is 1.03. The highest BCUT2D eigenvalue weighted by Gasteiger charge is 2.44. The predicted molar refractivity (Wildman–Crippen MR) is 185 cm³/mol. The van der Waals surface area contributed by atoms with Crippen molar-refractivity contribution in [3.63, 3.8) is 0 Å². The smallest absolute Gasteiger partial charge is 0.201 e. The minimum absolute atomic E-state index is 0.938. The van der Waals surface area contributed by atoms with Crippen LogP contribution in [0.15, 0.2) is 163 Å². The first-order valence-electron chi connectivity index (χ1n) is 15.2. The average Bonchev–Trinajstić information content (AvgIpc) is 3.54. The number of hydrogen-bond donors (Lipinski definition) is 1. The molecular weight excluding hydrogens is 553 g/mol. The van der Waals surface area contributed by atoms with E-state index in [1.807, 2.05) is 19.2 Å². The van der Waals surface area contributed by atoms with Gasteiger partial charge in [-0.05, 0) is 89.9 Å². The highest BCUT2D eigenvalue weighted by molar-refractivity contribution is 7.16. The number of allylic oxidation sites excluding steroid dienone is 4. The molecule has 4 aromatic carbocycles. The van der Waals surface area contributed by atoms with Crippen molar-refractivity contribution < 1.29 is 0 Å². The lowest BCUT2D eigenvalue weighted by Gasteiger charge is -2.36. The molecule has 0 amide bonds. The van der Waals surface area contributed by atoms with Crippen molar-refractivity contribution in [2.24, 2.45) is 0 Å². The van der Waals surface area contributed by atoms with E-state index in [1.54, 1.807) is 0 Å². The fourth-order valence-electron chi connectivity index (χ4n) is 6.38. The van der Waals surface area contributed by atoms with Crippen LogP contribution < -0.4 is 20.6 Å². The van der Waals surface area contributed by atoms with Gasteiger partial charge in [0.15, 0.2) is 0 Å². The summed E-state index contributed by atoms with van der Waals surface area (Å²) in [5.41, 5.74) is 6.33. The van der Waals surface area contributed by atoms with Gasteiger partial charge in [-0.3, -0.25) is 10.1 Å². The molecule has 0 aliphatic heterocycles. The van der Waals surface area contributed by atoms with Crippen LogP contribution in [0, 0.1) is 6.92 Å². The predicted octanol–water partition coefficient (Wildman–Crippen LogP) is 7.54. The Morgan fingerprint density at radius 2 is 1.36 bits per heavy atom. The van der Waals surface area contributed by atoms with E-state index >= 15 is 0 Å². The number of nitrogens with one attached hydrogen (secondary N) is 1. The zero-order valence-electron chi connectivity index (χ0n) is 24.8. The van der Waals surface area contributed by atoms with Crippen molar-refractivity contribution >= 4 is 40.8 Å². The van der Waals surface area contributed by atoms with Crippen molar-refractivity contribution in [3.8, 4) is 11.3 Å². The Labute approximate surface area is 260 Å². The fourth-order valence-corrected chi connectivity index (χ4v) is 11.1. The molecule has 1 N–H and O–H groups in total. The van der Waals surface area contributed by atoms with Crippen molar-refractivity contribution in [1.29, 1.82) is 0 Å². The van der Waals surface area contributed by atoms with Crippen LogP contribution in [0.5, 0.6) is 0 Å². The van der Waals surface area contributed by atoms with Crippen molar-refractivity contribution in [1.82, 2.24) is 15.2 Å². The maximum absolute atomic E-state index is 5.08. The Morgan fingerprint density at radius 1 is 0.659 bits per heavy atom. The zero-order chi connectivity index (χ0) is 29.8. The monoisotopic (exact) mass is 586 g/mol. The molecule has 1 aliphatic carbocycles. The third-order valence-electron chi connectivity index (χ3n) is 8.34. The molecular formula is C39H34N4Si. The van der Waals surface area contributed by atoms with Crippen LogP contribution in [0.25, 0.3) is 11.3 Å². The molecule has 0 spiro atoms. The van der Waals surface area contributed by atoms with E-state index in [2.05, 4.69) is 161 Å². The number of aromatic amines is 1. The summed E-state index contributed by atoms with van der Waals surface area (Å²) in [5, 5.41) is 12.8. The Balaban J connectivity index is 1.46. The molecule has 1 atom stereocenters. The van der Waals surface area contributed by atoms with Gasteiger partial charge < -0.3 is 4.90 Å². The van der Waals surface area contributed by atoms with E-state index < -0.39 is 8.07 Å². The van der Waals surface area contributed by atoms with Crippen LogP contribution in [-0.4, -0.2) is 23.3 Å². The number of nitrogens with zero attached hydrogens (tertiary/aromatic N) is 3. The molecule has 0 fully saturated rings. The normalized spacial score (nSPS) is 14.1. The van der Waals surface area contributed by atoms with Gasteiger partial charge in [-0.25, -0.2) is 0 Å². The van der Waals surface area contributed by atoms with Gasteiger partial charge in [0, 0.05) is 39.8 Å². The fraction of sp³-hybridized carbons (Fsp3) is 0.0769. The number of aryl methyl sites for hydroxylation is 1. The number of benzene rings is 4. The van der Waals surface area contributed by atoms with Crippen LogP contribution >= 0.6 is 0 Å². The highest BCUT2D eigenvalue weighted by atomic mass is 28.3. The molecule has 44 heavy (non-hydrogen) atoms. The Morgan fingerprint density at radius 3 is 2.07 bits per heavy atom. The summed E-state index contributed by atoms with van der Waals surface area (Å²) in [7, 11) is -2.74. The number of pyridine rings is 1. The molecule has 7 rings (SSSR count). The van der Waals surface area contributed by atoms with E-state index in [4.69, 9.17) is 4.98 Å². The van der Waals surface area contributed by atoms with Crippen LogP contribution in [0.1, 0.15) is 18.5 Å². The maximum Gasteiger partial charge on any atom is 0.201 e. The first-order chi connectivity index (χ1) is 21.7. The Kier molecular flexibility index (Phi) is 7.61. The molecule has 0 saturated carbocycles. The van der Waals surface area contributed by atoms with Crippen LogP contribution in [0.3, 0.4) is 0 Å². The number of aromatic nitrogens is 3. The second-order valence-corrected chi connectivity index (χ2v) is 14.9. The van der Waals surface area contributed by atoms with Crippen molar-refractivity contribution in [2.45, 2.75) is 19.8 Å². The molecule has 0 radical (unpaired) electrons. The molecule has 6 aromatic rings. The Bertz CT molecular complexity index is 1890. The topological polar surface area (TPSA) is 44.8 Å². The summed E-state index contributed by atoms with van der Waals surface area (Å²) in [6.45, 7) is 2.03. The highest BCUT2D eigenvalue weighted by Crippen LogP contribution is 2.36. The third-order valence-corrected chi connectivity index (χ3v) is 13.0. The van der Waals surface area contributed by atoms with E-state index in [9.17, 15) is 0 Å². The summed E-state index contributed by atoms with van der Waals surface area (Å²) in [5.74, 6) is 0. The lowest BCUT2D eigenvalue weighted by Crippen LogP contribution is -2.69. The van der Waals surface area contributed by atoms with Gasteiger partial charge in [0.2, 0.25) is 8.07 Å². The van der Waals surface area contributed by atoms with Crippen LogP contribution in [0.4, 0.5) is 17.1 Å². The van der Waals surface area contributed by atoms with E-state index in [0.717, 1.165) is 52.2 Å². The first kappa shape index (κ1) is 27.6. The minimum atomic E-state index is -2.74. The number of anilines is 3. The summed E-state index contributed by atoms with van der Waals surface area (Å²) < 4.78 is 0. The van der Waals surface area contributed by atoms with Crippen LogP contribution in [0.2, 0.25) is 0 Å². The number of hydrogen-bond acceptors (Lipinski definition) is 3. The van der Waals surface area contributed by atoms with Gasteiger partial charge in [0.1, 0.15) is 0 Å². The molecule has 0 unspecified atom stereocenters. The molecule has 1 aliphatic rings. The minimum Gasteiger partial charge on any atom is -0.310 e. The van der Waals surface area contributed by atoms with Gasteiger partial charge in [0.25, 0.3) is 0 Å². The average molecular weight is 587 g/mol. The molecule has 5 heteroatoms. The lowest BCUT2D eigenvalue weighted by atomic mass is 10.1. The van der Waals surface area contributed by atoms with Gasteiger partial charge in [-0.2, -0.15) is 5.10 Å². The quantitative estimate of drug-likeness (QED) is 0.188. The second-order valence-electron chi connectivity index (χ2n) is 11.2. The molecule has 4 nitrogen and oxygen atoms in total. The number of H-pyrrole nitrogens is 1. The maximum atomic E-state index is 5.08. The molecule has 0 bridgehead atoms. The van der Waals surface area contributed by atoms with E-state index in [-0.39, 0.29) is 0 Å². The molecule has 0 saturated heterocycles. The summed E-state index contributed by atoms with van der Waals surface area (Å²) in [6.07, 6.45) is 11.2. The second kappa shape index (κ2) is 12.2. The number of rotatable bonds is 8. The zero-order valence-corrected chi connectivity index (χ0v) is 25.8. The van der Waals surface area contributed by atoms with Gasteiger partial charge in [-0.15, -0.1) is 0 Å². The summed E-state index contributed by atoms with van der Waals surface area (Å²) in [6, 6.07) is 47.8. The standard InChI is InChI=1S/C39H34N4Si/c1-30-27-38(42-41-30)31-15-13-18-33(28-31)43(32-16-5-2-6-17-32)34-19-14-24-37(29-34)44(35-20-7-3-8-21-35,36-22-9-4-10-23-36)39-25-11-12-26-40-39/h2-3,5-9,11-29H,4,10H2,1H3,(H,41,42)/t44-/m0/s1. The SMILES string of the molecule is Cc1cc(-c2cccc(N(c3ccccc3)c3cccc([Si@@](C4=CCCC=C4)(c4ccccc4)c4ccccn4)c3)c2)n[nH]1. The number of para-hydroxylation sites is 1. The van der Waals surface area contributed by atoms with Crippen LogP contribution in [-0.2, 0) is 0 Å². The van der Waals surface area contributed by atoms with Gasteiger partial charge in [0.05, 0.1) is 5.69 Å². The van der Waals surface area contributed by atoms with E-state index in [0.29, 0.717) is 0 Å². The first-order valence-corrected chi connectivity index (χ1v) is 17.2. The van der Waals surface area contributed by atoms with Crippen molar-refractivity contribution in [3.05, 3.63) is 169 Å². The Hall–Kier alpha value is -5.26. The molecule has 2 heterocycles. The largest absolute Gasteiger partial charge is 0.310 e. The molecule has 214 valence electrons. The molecule has 2 aromatic heterocycles. The summed E-state index contributed by atoms with van der Waals surface area (Å²) >= 11 is 0. The third kappa shape index (κ3) is 5.12. The van der Waals surface area contributed by atoms with Gasteiger partial charge in [-0.1, -0.05) is 97.1 Å². The van der Waals surface area contributed by atoms with E-state index in [1.165, 1.54) is 15.6 Å². The van der Waals surface area contributed by atoms with Gasteiger partial charge >= 0.3 is 0 Å². The van der Waals surface area contributed by atoms with Crippen molar-refractivity contribution in [2.75, 3.05) is 4.90 Å².